The van der Waals surface area contributed by atoms with Gasteiger partial charge in [-0.1, -0.05) is 144 Å². The lowest BCUT2D eigenvalue weighted by Gasteiger charge is -2.30. The third kappa shape index (κ3) is 17.8. The van der Waals surface area contributed by atoms with Gasteiger partial charge in [0.25, 0.3) is 0 Å². The van der Waals surface area contributed by atoms with Gasteiger partial charge >= 0.3 is 0 Å². The Bertz CT molecular complexity index is 1230. The fourth-order valence-corrected chi connectivity index (χ4v) is 5.05. The number of hydrogen-bond acceptors (Lipinski definition) is 10. The molecule has 4 N–H and O–H groups in total. The molecule has 10 nitrogen and oxygen atoms in total. The third-order valence-corrected chi connectivity index (χ3v) is 6.96. The summed E-state index contributed by atoms with van der Waals surface area (Å²) in [6, 6.07) is 24.8. The predicted octanol–water partition coefficient (Wildman–Crippen LogP) is 10.2. The van der Waals surface area contributed by atoms with E-state index in [1.807, 2.05) is 132 Å². The van der Waals surface area contributed by atoms with Crippen LogP contribution in [0, 0.1) is 0 Å². The number of benzene rings is 2. The Morgan fingerprint density at radius 3 is 1.13 bits per heavy atom. The van der Waals surface area contributed by atoms with Gasteiger partial charge in [-0.05, 0) is 36.1 Å². The monoisotopic (exact) mass is 721 g/mol. The molecule has 52 heavy (non-hydrogen) atoms. The van der Waals surface area contributed by atoms with Crippen LogP contribution >= 0.6 is 0 Å². The van der Waals surface area contributed by atoms with Gasteiger partial charge in [-0.15, -0.1) is 0 Å². The van der Waals surface area contributed by atoms with Crippen LogP contribution in [0.2, 0.25) is 0 Å². The summed E-state index contributed by atoms with van der Waals surface area (Å²) in [5, 5.41) is 0. The van der Waals surface area contributed by atoms with Crippen LogP contribution in [0.5, 0.6) is 0 Å². The van der Waals surface area contributed by atoms with Crippen LogP contribution in [-0.4, -0.2) is 59.5 Å². The molecule has 0 saturated carbocycles. The van der Waals surface area contributed by atoms with Crippen molar-refractivity contribution in [3.05, 3.63) is 96.3 Å². The molecule has 0 bridgehead atoms. The normalized spacial score (nSPS) is 15.8. The maximum absolute atomic E-state index is 5.73. The zero-order chi connectivity index (χ0) is 39.6. The first-order valence-electron chi connectivity index (χ1n) is 19.6. The molecule has 0 spiro atoms. The summed E-state index contributed by atoms with van der Waals surface area (Å²) in [5.74, 6) is 2.33. The van der Waals surface area contributed by atoms with E-state index in [9.17, 15) is 0 Å². The zero-order valence-corrected chi connectivity index (χ0v) is 34.5. The van der Waals surface area contributed by atoms with E-state index >= 15 is 0 Å². The van der Waals surface area contributed by atoms with E-state index in [-0.39, 0.29) is 12.1 Å². The molecule has 2 aliphatic rings. The average molecular weight is 721 g/mol. The average Bonchev–Trinajstić information content (AvgIpc) is 3.65. The van der Waals surface area contributed by atoms with Gasteiger partial charge in [0.05, 0.1) is 25.3 Å². The van der Waals surface area contributed by atoms with Crippen molar-refractivity contribution >= 4 is 23.5 Å². The van der Waals surface area contributed by atoms with Crippen LogP contribution in [0.25, 0.3) is 0 Å². The molecule has 2 aliphatic heterocycles. The molecular weight excluding hydrogens is 649 g/mol. The Kier molecular flexibility index (Phi) is 32.4. The summed E-state index contributed by atoms with van der Waals surface area (Å²) in [5.41, 5.74) is 13.9. The number of nitrogens with two attached hydrogens (primary N) is 2. The molecule has 4 heterocycles. The number of nitrogen functional groups attached to an aromatic ring is 2. The second-order valence-electron chi connectivity index (χ2n) is 9.64. The van der Waals surface area contributed by atoms with Gasteiger partial charge in [-0.25, -0.2) is 9.97 Å². The van der Waals surface area contributed by atoms with E-state index < -0.39 is 0 Å². The number of hydrogen-bond donors (Lipinski definition) is 2. The second kappa shape index (κ2) is 33.8. The molecular formula is C42H72N8O2. The molecule has 10 heteroatoms. The minimum atomic E-state index is 0.160. The molecule has 2 aromatic heterocycles. The van der Waals surface area contributed by atoms with E-state index in [1.54, 1.807) is 12.4 Å². The number of ether oxygens (including phenoxy) is 2. The lowest BCUT2D eigenvalue weighted by atomic mass is 10.1. The maximum Gasteiger partial charge on any atom is 0.221 e. The summed E-state index contributed by atoms with van der Waals surface area (Å²) in [7, 11) is 0. The molecule has 2 saturated heterocycles. The largest absolute Gasteiger partial charge is 0.379 e. The summed E-state index contributed by atoms with van der Waals surface area (Å²) < 4.78 is 11.5. The van der Waals surface area contributed by atoms with Crippen LogP contribution in [0.3, 0.4) is 0 Å². The standard InChI is InChI=1S/2C15H18N4O.6C2H6/c2*16-15-17-8-7-14(18-15)19-9-4-10-20-11-13(19)12-5-2-1-3-6-12;6*1-2/h2*1-3,5-8,13H,4,9-11H2,(H2,16,17,18);6*1-2H3/t2*13-;;;;;;/m10....../s1. The van der Waals surface area contributed by atoms with Gasteiger partial charge in [-0.2, -0.15) is 9.97 Å². The molecule has 4 aromatic rings. The van der Waals surface area contributed by atoms with Crippen molar-refractivity contribution in [3.8, 4) is 0 Å². The smallest absolute Gasteiger partial charge is 0.221 e. The Hall–Kier alpha value is -4.28. The van der Waals surface area contributed by atoms with Crippen LogP contribution in [0.1, 0.15) is 119 Å². The summed E-state index contributed by atoms with van der Waals surface area (Å²) >= 11 is 0. The van der Waals surface area contributed by atoms with E-state index in [0.29, 0.717) is 25.1 Å². The number of nitrogens with zero attached hydrogens (tertiary/aromatic N) is 6. The van der Waals surface area contributed by atoms with Gasteiger partial charge in [-0.3, -0.25) is 0 Å². The van der Waals surface area contributed by atoms with Crippen LogP contribution in [0.4, 0.5) is 23.5 Å². The zero-order valence-electron chi connectivity index (χ0n) is 34.5. The fraction of sp³-hybridized carbons (Fsp3) is 0.524. The van der Waals surface area contributed by atoms with Crippen molar-refractivity contribution in [1.29, 1.82) is 0 Å². The minimum Gasteiger partial charge on any atom is -0.379 e. The first-order valence-corrected chi connectivity index (χ1v) is 19.6. The van der Waals surface area contributed by atoms with Crippen molar-refractivity contribution < 1.29 is 9.47 Å². The van der Waals surface area contributed by atoms with Crippen molar-refractivity contribution in [3.63, 3.8) is 0 Å². The highest BCUT2D eigenvalue weighted by Gasteiger charge is 2.25. The molecule has 2 fully saturated rings. The molecule has 6 rings (SSSR count). The van der Waals surface area contributed by atoms with E-state index in [4.69, 9.17) is 20.9 Å². The lowest BCUT2D eigenvalue weighted by molar-refractivity contribution is 0.134. The number of aromatic nitrogens is 4. The first kappa shape index (κ1) is 49.8. The minimum absolute atomic E-state index is 0.160. The fourth-order valence-electron chi connectivity index (χ4n) is 5.05. The quantitative estimate of drug-likeness (QED) is 0.210. The Morgan fingerprint density at radius 1 is 0.500 bits per heavy atom. The highest BCUT2D eigenvalue weighted by atomic mass is 16.5. The number of anilines is 4. The Labute approximate surface area is 317 Å². The Morgan fingerprint density at radius 2 is 0.827 bits per heavy atom. The van der Waals surface area contributed by atoms with Gasteiger partial charge in [0, 0.05) is 38.7 Å². The van der Waals surface area contributed by atoms with Gasteiger partial charge in [0.1, 0.15) is 11.6 Å². The topological polar surface area (TPSA) is 129 Å². The third-order valence-electron chi connectivity index (χ3n) is 6.96. The molecule has 0 aliphatic carbocycles. The summed E-state index contributed by atoms with van der Waals surface area (Å²) in [4.78, 5) is 21.1. The summed E-state index contributed by atoms with van der Waals surface area (Å²) in [6.45, 7) is 28.7. The van der Waals surface area contributed by atoms with Gasteiger partial charge in [0.15, 0.2) is 0 Å². The molecule has 0 amide bonds. The number of rotatable bonds is 4. The lowest BCUT2D eigenvalue weighted by Crippen LogP contribution is -2.31. The second-order valence-corrected chi connectivity index (χ2v) is 9.64. The van der Waals surface area contributed by atoms with E-state index in [1.165, 1.54) is 11.1 Å². The molecule has 292 valence electrons. The van der Waals surface area contributed by atoms with Gasteiger partial charge < -0.3 is 30.7 Å². The van der Waals surface area contributed by atoms with Crippen molar-refractivity contribution in [2.75, 3.05) is 60.8 Å². The van der Waals surface area contributed by atoms with Crippen LogP contribution < -0.4 is 21.3 Å². The highest BCUT2D eigenvalue weighted by molar-refractivity contribution is 5.46. The van der Waals surface area contributed by atoms with Crippen molar-refractivity contribution in [1.82, 2.24) is 19.9 Å². The predicted molar refractivity (Wildman–Crippen MR) is 225 cm³/mol. The van der Waals surface area contributed by atoms with Gasteiger partial charge in [0.2, 0.25) is 11.9 Å². The Balaban J connectivity index is 0. The molecule has 0 unspecified atom stereocenters. The summed E-state index contributed by atoms with van der Waals surface area (Å²) in [6.07, 6.45) is 5.36. The molecule has 0 radical (unpaired) electrons. The van der Waals surface area contributed by atoms with Crippen LogP contribution in [-0.2, 0) is 9.47 Å². The van der Waals surface area contributed by atoms with Crippen LogP contribution in [0.15, 0.2) is 85.2 Å². The van der Waals surface area contributed by atoms with Crippen molar-refractivity contribution in [2.24, 2.45) is 0 Å². The highest BCUT2D eigenvalue weighted by Crippen LogP contribution is 2.29. The molecule has 2 atom stereocenters. The SMILES string of the molecule is CC.CC.CC.CC.CC.CC.Nc1nccc(N2CCCOC[C@@H]2c2ccccc2)n1.Nc1nccc(N2CCCOC[C@H]2c2ccccc2)n1. The maximum atomic E-state index is 5.73. The molecule has 2 aromatic carbocycles. The first-order chi connectivity index (χ1) is 25.7. The van der Waals surface area contributed by atoms with E-state index in [0.717, 1.165) is 50.8 Å². The van der Waals surface area contributed by atoms with E-state index in [2.05, 4.69) is 54.0 Å². The van der Waals surface area contributed by atoms with Crippen molar-refractivity contribution in [2.45, 2.75) is 108 Å².